The molecule has 0 spiro atoms. The van der Waals surface area contributed by atoms with E-state index in [2.05, 4.69) is 38.2 Å². The molecule has 0 amide bonds. The summed E-state index contributed by atoms with van der Waals surface area (Å²) in [5, 5.41) is 12.6. The quantitative estimate of drug-likeness (QED) is 0.773. The number of aliphatic hydroxyl groups is 1. The molecule has 0 saturated heterocycles. The van der Waals surface area contributed by atoms with Crippen LogP contribution in [0.15, 0.2) is 24.3 Å². The molecule has 0 aliphatic carbocycles. The van der Waals surface area contributed by atoms with Crippen molar-refractivity contribution in [2.45, 2.75) is 39.3 Å². The predicted octanol–water partition coefficient (Wildman–Crippen LogP) is 1.90. The van der Waals surface area contributed by atoms with Crippen molar-refractivity contribution in [1.82, 2.24) is 5.32 Å². The summed E-state index contributed by atoms with van der Waals surface area (Å²) in [5.41, 5.74) is 2.60. The SMILES string of the molecule is Cc1ccccc1CC(CO)NC(C)C. The lowest BCUT2D eigenvalue weighted by molar-refractivity contribution is 0.234. The summed E-state index contributed by atoms with van der Waals surface area (Å²) < 4.78 is 0. The third-order valence-corrected chi connectivity index (χ3v) is 2.52. The second-order valence-corrected chi connectivity index (χ2v) is 4.33. The molecule has 15 heavy (non-hydrogen) atoms. The van der Waals surface area contributed by atoms with Gasteiger partial charge in [-0.1, -0.05) is 38.1 Å². The van der Waals surface area contributed by atoms with E-state index >= 15 is 0 Å². The fourth-order valence-electron chi connectivity index (χ4n) is 1.75. The monoisotopic (exact) mass is 207 g/mol. The fourth-order valence-corrected chi connectivity index (χ4v) is 1.75. The topological polar surface area (TPSA) is 32.3 Å². The van der Waals surface area contributed by atoms with Crippen LogP contribution < -0.4 is 5.32 Å². The van der Waals surface area contributed by atoms with Crippen LogP contribution in [0.2, 0.25) is 0 Å². The first-order chi connectivity index (χ1) is 7.13. The molecule has 1 aromatic rings. The van der Waals surface area contributed by atoms with E-state index in [1.165, 1.54) is 11.1 Å². The van der Waals surface area contributed by atoms with Crippen molar-refractivity contribution in [1.29, 1.82) is 0 Å². The predicted molar refractivity (Wildman–Crippen MR) is 64.0 cm³/mol. The average Bonchev–Trinajstić information content (AvgIpc) is 2.19. The smallest absolute Gasteiger partial charge is 0.0587 e. The largest absolute Gasteiger partial charge is 0.395 e. The summed E-state index contributed by atoms with van der Waals surface area (Å²) in [7, 11) is 0. The number of hydrogen-bond acceptors (Lipinski definition) is 2. The van der Waals surface area contributed by atoms with Crippen LogP contribution in [-0.2, 0) is 6.42 Å². The van der Waals surface area contributed by atoms with Crippen LogP contribution in [0.25, 0.3) is 0 Å². The van der Waals surface area contributed by atoms with Gasteiger partial charge in [-0.3, -0.25) is 0 Å². The zero-order valence-corrected chi connectivity index (χ0v) is 9.83. The van der Waals surface area contributed by atoms with Gasteiger partial charge in [-0.2, -0.15) is 0 Å². The standard InChI is InChI=1S/C13H21NO/c1-10(2)14-13(9-15)8-12-7-5-4-6-11(12)3/h4-7,10,13-15H,8-9H2,1-3H3. The minimum Gasteiger partial charge on any atom is -0.395 e. The zero-order chi connectivity index (χ0) is 11.3. The third-order valence-electron chi connectivity index (χ3n) is 2.52. The van der Waals surface area contributed by atoms with E-state index in [0.717, 1.165) is 6.42 Å². The second kappa shape index (κ2) is 5.89. The summed E-state index contributed by atoms with van der Waals surface area (Å²) in [6.07, 6.45) is 0.890. The summed E-state index contributed by atoms with van der Waals surface area (Å²) >= 11 is 0. The first kappa shape index (κ1) is 12.2. The van der Waals surface area contributed by atoms with Gasteiger partial charge < -0.3 is 10.4 Å². The Balaban J connectivity index is 2.62. The van der Waals surface area contributed by atoms with E-state index in [1.54, 1.807) is 0 Å². The Bertz CT molecular complexity index is 296. The number of hydrogen-bond donors (Lipinski definition) is 2. The Morgan fingerprint density at radius 2 is 1.93 bits per heavy atom. The fraction of sp³-hybridized carbons (Fsp3) is 0.538. The average molecular weight is 207 g/mol. The van der Waals surface area contributed by atoms with Crippen LogP contribution in [0.3, 0.4) is 0 Å². The van der Waals surface area contributed by atoms with Crippen molar-refractivity contribution in [2.75, 3.05) is 6.61 Å². The van der Waals surface area contributed by atoms with Crippen LogP contribution in [0, 0.1) is 6.92 Å². The lowest BCUT2D eigenvalue weighted by Gasteiger charge is -2.19. The van der Waals surface area contributed by atoms with E-state index in [-0.39, 0.29) is 12.6 Å². The van der Waals surface area contributed by atoms with Gasteiger partial charge in [0, 0.05) is 12.1 Å². The Morgan fingerprint density at radius 3 is 2.47 bits per heavy atom. The molecule has 0 fully saturated rings. The van der Waals surface area contributed by atoms with Crippen molar-refractivity contribution in [3.05, 3.63) is 35.4 Å². The van der Waals surface area contributed by atoms with Crippen molar-refractivity contribution in [2.24, 2.45) is 0 Å². The lowest BCUT2D eigenvalue weighted by Crippen LogP contribution is -2.39. The molecule has 2 nitrogen and oxygen atoms in total. The highest BCUT2D eigenvalue weighted by molar-refractivity contribution is 5.26. The normalized spacial score (nSPS) is 13.1. The molecule has 1 aromatic carbocycles. The van der Waals surface area contributed by atoms with Gasteiger partial charge in [-0.15, -0.1) is 0 Å². The maximum atomic E-state index is 9.26. The summed E-state index contributed by atoms with van der Waals surface area (Å²) in [6.45, 7) is 6.49. The van der Waals surface area contributed by atoms with Gasteiger partial charge in [0.15, 0.2) is 0 Å². The third kappa shape index (κ3) is 4.02. The maximum Gasteiger partial charge on any atom is 0.0587 e. The van der Waals surface area contributed by atoms with E-state index in [4.69, 9.17) is 0 Å². The summed E-state index contributed by atoms with van der Waals surface area (Å²) in [5.74, 6) is 0. The maximum absolute atomic E-state index is 9.26. The van der Waals surface area contributed by atoms with E-state index in [1.807, 2.05) is 12.1 Å². The molecule has 0 bridgehead atoms. The van der Waals surface area contributed by atoms with Gasteiger partial charge in [0.1, 0.15) is 0 Å². The molecule has 2 N–H and O–H groups in total. The van der Waals surface area contributed by atoms with Crippen molar-refractivity contribution in [3.63, 3.8) is 0 Å². The molecule has 1 atom stereocenters. The van der Waals surface area contributed by atoms with E-state index in [9.17, 15) is 5.11 Å². The molecule has 2 heteroatoms. The molecule has 0 radical (unpaired) electrons. The summed E-state index contributed by atoms with van der Waals surface area (Å²) in [6, 6.07) is 8.89. The van der Waals surface area contributed by atoms with E-state index < -0.39 is 0 Å². The zero-order valence-electron chi connectivity index (χ0n) is 9.83. The van der Waals surface area contributed by atoms with Gasteiger partial charge in [-0.25, -0.2) is 0 Å². The number of benzene rings is 1. The highest BCUT2D eigenvalue weighted by atomic mass is 16.3. The van der Waals surface area contributed by atoms with Gasteiger partial charge in [-0.05, 0) is 24.5 Å². The Morgan fingerprint density at radius 1 is 1.27 bits per heavy atom. The molecular formula is C13H21NO. The number of nitrogens with one attached hydrogen (secondary N) is 1. The van der Waals surface area contributed by atoms with Crippen molar-refractivity contribution < 1.29 is 5.11 Å². The van der Waals surface area contributed by atoms with Gasteiger partial charge in [0.25, 0.3) is 0 Å². The van der Waals surface area contributed by atoms with Crippen LogP contribution in [0.5, 0.6) is 0 Å². The van der Waals surface area contributed by atoms with Crippen LogP contribution in [0.4, 0.5) is 0 Å². The highest BCUT2D eigenvalue weighted by Gasteiger charge is 2.10. The number of aliphatic hydroxyl groups excluding tert-OH is 1. The molecule has 0 aliphatic heterocycles. The molecule has 0 saturated carbocycles. The minimum atomic E-state index is 0.158. The van der Waals surface area contributed by atoms with Gasteiger partial charge in [0.05, 0.1) is 6.61 Å². The van der Waals surface area contributed by atoms with Crippen LogP contribution in [-0.4, -0.2) is 23.8 Å². The Kier molecular flexibility index (Phi) is 4.79. The van der Waals surface area contributed by atoms with Crippen LogP contribution in [0.1, 0.15) is 25.0 Å². The molecular weight excluding hydrogens is 186 g/mol. The number of rotatable bonds is 5. The van der Waals surface area contributed by atoms with E-state index in [0.29, 0.717) is 6.04 Å². The Labute approximate surface area is 92.3 Å². The molecule has 0 aromatic heterocycles. The van der Waals surface area contributed by atoms with Gasteiger partial charge in [0.2, 0.25) is 0 Å². The Hall–Kier alpha value is -0.860. The highest BCUT2D eigenvalue weighted by Crippen LogP contribution is 2.09. The van der Waals surface area contributed by atoms with Crippen molar-refractivity contribution in [3.8, 4) is 0 Å². The van der Waals surface area contributed by atoms with Crippen LogP contribution >= 0.6 is 0 Å². The molecule has 0 aliphatic rings. The van der Waals surface area contributed by atoms with Crippen molar-refractivity contribution >= 4 is 0 Å². The second-order valence-electron chi connectivity index (χ2n) is 4.33. The number of aryl methyl sites for hydroxylation is 1. The summed E-state index contributed by atoms with van der Waals surface area (Å²) in [4.78, 5) is 0. The molecule has 1 unspecified atom stereocenters. The van der Waals surface area contributed by atoms with Gasteiger partial charge >= 0.3 is 0 Å². The molecule has 84 valence electrons. The lowest BCUT2D eigenvalue weighted by atomic mass is 10.0. The first-order valence-electron chi connectivity index (χ1n) is 5.55. The minimum absolute atomic E-state index is 0.158. The molecule has 1 rings (SSSR count). The first-order valence-corrected chi connectivity index (χ1v) is 5.55. The molecule has 0 heterocycles.